The summed E-state index contributed by atoms with van der Waals surface area (Å²) in [5, 5.41) is 16.3. The van der Waals surface area contributed by atoms with Gasteiger partial charge in [0.15, 0.2) is 0 Å². The van der Waals surface area contributed by atoms with Crippen LogP contribution in [0.1, 0.15) is 37.8 Å². The SMILES string of the molecule is CC[C@@H](CO)N1C(=O)[C@@H]2[C@@H](C(=O)Nc3ccccc3)[C@H]3CC(C)C2(S3)C1C(=O)Nc1c(C)cccc1C. The fourth-order valence-corrected chi connectivity index (χ4v) is 9.22. The molecule has 0 aliphatic carbocycles. The Balaban J connectivity index is 1.55. The molecule has 7 nitrogen and oxygen atoms in total. The number of benzene rings is 2. The lowest BCUT2D eigenvalue weighted by atomic mass is 9.65. The number of hydrogen-bond acceptors (Lipinski definition) is 5. The number of fused-ring (bicyclic) bond motifs is 1. The number of aryl methyl sites for hydroxylation is 2. The van der Waals surface area contributed by atoms with E-state index in [0.29, 0.717) is 12.1 Å². The molecule has 3 aliphatic rings. The first kappa shape index (κ1) is 25.8. The van der Waals surface area contributed by atoms with Gasteiger partial charge in [0.25, 0.3) is 0 Å². The molecule has 3 aliphatic heterocycles. The number of carbonyl (C=O) groups excluding carboxylic acids is 3. The molecule has 196 valence electrons. The highest BCUT2D eigenvalue weighted by atomic mass is 32.2. The molecular weight excluding hydrogens is 486 g/mol. The Morgan fingerprint density at radius 3 is 2.38 bits per heavy atom. The molecule has 3 saturated heterocycles. The molecule has 0 radical (unpaired) electrons. The van der Waals surface area contributed by atoms with Crippen LogP contribution in [0.4, 0.5) is 11.4 Å². The fraction of sp³-hybridized carbons (Fsp3) is 0.483. The molecule has 5 rings (SSSR count). The highest BCUT2D eigenvalue weighted by Crippen LogP contribution is 2.69. The second-order valence-electron chi connectivity index (χ2n) is 10.7. The van der Waals surface area contributed by atoms with Gasteiger partial charge in [-0.15, -0.1) is 11.8 Å². The van der Waals surface area contributed by atoms with Gasteiger partial charge in [0.2, 0.25) is 17.7 Å². The number of para-hydroxylation sites is 2. The van der Waals surface area contributed by atoms with Crippen molar-refractivity contribution in [1.82, 2.24) is 4.90 Å². The van der Waals surface area contributed by atoms with Crippen molar-refractivity contribution in [3.05, 3.63) is 59.7 Å². The fourth-order valence-electron chi connectivity index (χ4n) is 6.82. The van der Waals surface area contributed by atoms with Gasteiger partial charge in [-0.2, -0.15) is 0 Å². The number of carbonyl (C=O) groups is 3. The minimum atomic E-state index is -0.777. The van der Waals surface area contributed by atoms with Crippen LogP contribution in [0.3, 0.4) is 0 Å². The number of rotatable bonds is 7. The molecule has 8 heteroatoms. The lowest BCUT2D eigenvalue weighted by Crippen LogP contribution is -2.57. The van der Waals surface area contributed by atoms with Crippen LogP contribution in [0.2, 0.25) is 0 Å². The Kier molecular flexibility index (Phi) is 6.83. The number of thioether (sulfide) groups is 1. The number of anilines is 2. The minimum Gasteiger partial charge on any atom is -0.394 e. The van der Waals surface area contributed by atoms with Crippen LogP contribution in [0.15, 0.2) is 48.5 Å². The molecule has 7 atom stereocenters. The van der Waals surface area contributed by atoms with Gasteiger partial charge in [-0.05, 0) is 55.9 Å². The normalized spacial score (nSPS) is 30.8. The Morgan fingerprint density at radius 2 is 1.76 bits per heavy atom. The van der Waals surface area contributed by atoms with Gasteiger partial charge in [0, 0.05) is 16.6 Å². The third kappa shape index (κ3) is 3.96. The van der Waals surface area contributed by atoms with Crippen molar-refractivity contribution < 1.29 is 19.5 Å². The van der Waals surface area contributed by atoms with Gasteiger partial charge < -0.3 is 20.6 Å². The molecule has 3 unspecified atom stereocenters. The second-order valence-corrected chi connectivity index (χ2v) is 12.2. The van der Waals surface area contributed by atoms with E-state index < -0.39 is 28.7 Å². The maximum Gasteiger partial charge on any atom is 0.248 e. The summed E-state index contributed by atoms with van der Waals surface area (Å²) in [5.41, 5.74) is 3.34. The lowest BCUT2D eigenvalue weighted by Gasteiger charge is -2.40. The first-order valence-corrected chi connectivity index (χ1v) is 14.0. The van der Waals surface area contributed by atoms with Gasteiger partial charge in [-0.1, -0.05) is 50.2 Å². The summed E-state index contributed by atoms with van der Waals surface area (Å²) in [5.74, 6) is -1.72. The lowest BCUT2D eigenvalue weighted by molar-refractivity contribution is -0.141. The molecule has 3 heterocycles. The van der Waals surface area contributed by atoms with E-state index in [9.17, 15) is 19.5 Å². The minimum absolute atomic E-state index is 0.0421. The van der Waals surface area contributed by atoms with Crippen molar-refractivity contribution in [2.45, 2.75) is 62.6 Å². The van der Waals surface area contributed by atoms with E-state index in [4.69, 9.17) is 0 Å². The average Bonchev–Trinajstić information content (AvgIpc) is 3.47. The van der Waals surface area contributed by atoms with Crippen LogP contribution in [0.25, 0.3) is 0 Å². The van der Waals surface area contributed by atoms with Crippen LogP contribution < -0.4 is 10.6 Å². The summed E-state index contributed by atoms with van der Waals surface area (Å²) >= 11 is 1.64. The molecular formula is C29H35N3O4S. The summed E-state index contributed by atoms with van der Waals surface area (Å²) in [6.07, 6.45) is 1.28. The predicted molar refractivity (Wildman–Crippen MR) is 146 cm³/mol. The van der Waals surface area contributed by atoms with Gasteiger partial charge in [-0.3, -0.25) is 14.4 Å². The highest BCUT2D eigenvalue weighted by Gasteiger charge is 2.76. The van der Waals surface area contributed by atoms with Gasteiger partial charge in [0.1, 0.15) is 6.04 Å². The molecule has 3 N–H and O–H groups in total. The molecule has 3 amide bonds. The Hall–Kier alpha value is -2.84. The summed E-state index contributed by atoms with van der Waals surface area (Å²) < 4.78 is -0.732. The summed E-state index contributed by atoms with van der Waals surface area (Å²) in [6.45, 7) is 7.68. The van der Waals surface area contributed by atoms with Crippen molar-refractivity contribution in [3.8, 4) is 0 Å². The van der Waals surface area contributed by atoms with Crippen LogP contribution in [-0.4, -0.2) is 56.4 Å². The highest BCUT2D eigenvalue weighted by molar-refractivity contribution is 8.02. The Morgan fingerprint density at radius 1 is 1.08 bits per heavy atom. The van der Waals surface area contributed by atoms with Crippen molar-refractivity contribution in [3.63, 3.8) is 0 Å². The molecule has 2 aromatic carbocycles. The van der Waals surface area contributed by atoms with Crippen LogP contribution in [-0.2, 0) is 14.4 Å². The van der Waals surface area contributed by atoms with Crippen LogP contribution in [0, 0.1) is 31.6 Å². The zero-order valence-electron chi connectivity index (χ0n) is 21.7. The zero-order valence-corrected chi connectivity index (χ0v) is 22.5. The Labute approximate surface area is 222 Å². The first-order chi connectivity index (χ1) is 17.7. The Bertz CT molecular complexity index is 1200. The van der Waals surface area contributed by atoms with Gasteiger partial charge in [-0.25, -0.2) is 0 Å². The smallest absolute Gasteiger partial charge is 0.248 e. The van der Waals surface area contributed by atoms with E-state index >= 15 is 0 Å². The van der Waals surface area contributed by atoms with Crippen LogP contribution in [0.5, 0.6) is 0 Å². The maximum atomic E-state index is 14.2. The number of hydrogen-bond donors (Lipinski definition) is 3. The van der Waals surface area contributed by atoms with Crippen molar-refractivity contribution in [1.29, 1.82) is 0 Å². The number of aliphatic hydroxyl groups is 1. The van der Waals surface area contributed by atoms with E-state index in [0.717, 1.165) is 23.2 Å². The van der Waals surface area contributed by atoms with Crippen molar-refractivity contribution in [2.24, 2.45) is 17.8 Å². The third-order valence-electron chi connectivity index (χ3n) is 8.58. The topological polar surface area (TPSA) is 98.7 Å². The first-order valence-electron chi connectivity index (χ1n) is 13.1. The number of aliphatic hydroxyl groups excluding tert-OH is 1. The van der Waals surface area contributed by atoms with E-state index in [1.165, 1.54) is 0 Å². The largest absolute Gasteiger partial charge is 0.394 e. The third-order valence-corrected chi connectivity index (χ3v) is 10.7. The molecule has 0 saturated carbocycles. The standard InChI is InChI=1S/C29H35N3O4S/c1-5-20(15-33)32-25(27(35)31-24-16(2)10-9-11-17(24)3)29-18(4)14-21(37-29)22(23(29)28(32)36)26(34)30-19-12-7-6-8-13-19/h6-13,18,20-23,25,33H,5,14-15H2,1-4H3,(H,30,34)(H,31,35)/t18?,20-,21+,22-,23-,25?,29?/m0/s1. The summed E-state index contributed by atoms with van der Waals surface area (Å²) in [7, 11) is 0. The van der Waals surface area contributed by atoms with Gasteiger partial charge in [0.05, 0.1) is 29.2 Å². The number of amides is 3. The maximum absolute atomic E-state index is 14.2. The molecule has 0 aromatic heterocycles. The zero-order chi connectivity index (χ0) is 26.5. The van der Waals surface area contributed by atoms with Crippen molar-refractivity contribution >= 4 is 40.9 Å². The van der Waals surface area contributed by atoms with Crippen molar-refractivity contribution in [2.75, 3.05) is 17.2 Å². The number of likely N-dealkylation sites (tertiary alicyclic amines) is 1. The predicted octanol–water partition coefficient (Wildman–Crippen LogP) is 3.99. The summed E-state index contributed by atoms with van der Waals surface area (Å²) in [4.78, 5) is 43.6. The van der Waals surface area contributed by atoms with E-state index in [2.05, 4.69) is 17.6 Å². The molecule has 37 heavy (non-hydrogen) atoms. The number of nitrogens with zero attached hydrogens (tertiary/aromatic N) is 1. The van der Waals surface area contributed by atoms with Gasteiger partial charge >= 0.3 is 0 Å². The van der Waals surface area contributed by atoms with E-state index in [1.54, 1.807) is 16.7 Å². The monoisotopic (exact) mass is 521 g/mol. The molecule has 3 fully saturated rings. The molecule has 1 spiro atoms. The molecule has 2 aromatic rings. The van der Waals surface area contributed by atoms with E-state index in [-0.39, 0.29) is 35.5 Å². The van der Waals surface area contributed by atoms with E-state index in [1.807, 2.05) is 69.3 Å². The molecule has 2 bridgehead atoms. The average molecular weight is 522 g/mol. The second kappa shape index (κ2) is 9.80. The summed E-state index contributed by atoms with van der Waals surface area (Å²) in [6, 6.07) is 13.8. The van der Waals surface area contributed by atoms with Crippen LogP contribution >= 0.6 is 11.8 Å². The number of nitrogens with one attached hydrogen (secondary N) is 2. The quantitative estimate of drug-likeness (QED) is 0.512.